The molecule has 2 aromatic rings. The van der Waals surface area contributed by atoms with E-state index in [1.807, 2.05) is 66.7 Å². The topological polar surface area (TPSA) is 38.3 Å². The number of methoxy groups -OCH3 is 1. The fourth-order valence-corrected chi connectivity index (χ4v) is 2.23. The Labute approximate surface area is 131 Å². The van der Waals surface area contributed by atoms with Crippen LogP contribution in [0.4, 0.5) is 5.69 Å². The van der Waals surface area contributed by atoms with E-state index in [0.29, 0.717) is 6.42 Å². The van der Waals surface area contributed by atoms with E-state index in [9.17, 15) is 4.79 Å². The molecule has 0 saturated carbocycles. The van der Waals surface area contributed by atoms with Gasteiger partial charge in [-0.3, -0.25) is 4.79 Å². The van der Waals surface area contributed by atoms with Crippen LogP contribution in [0.1, 0.15) is 18.9 Å². The summed E-state index contributed by atoms with van der Waals surface area (Å²) < 4.78 is 5.34. The molecule has 2 rings (SSSR count). The molecule has 0 aliphatic rings. The van der Waals surface area contributed by atoms with Gasteiger partial charge < -0.3 is 10.1 Å². The average molecular weight is 295 g/mol. The van der Waals surface area contributed by atoms with Crippen molar-refractivity contribution in [1.29, 1.82) is 0 Å². The number of ether oxygens (including phenoxy) is 1. The molecule has 0 radical (unpaired) electrons. The standard InChI is InChI=1S/C19H21NO2/c1-15(21)14-17(13-12-16-8-4-3-5-9-16)20-18-10-6-7-11-19(18)22-2/h3-13,17,20H,14H2,1-2H3/b13-12+. The first kappa shape index (κ1) is 15.8. The van der Waals surface area contributed by atoms with Crippen molar-refractivity contribution in [2.24, 2.45) is 0 Å². The van der Waals surface area contributed by atoms with Gasteiger partial charge in [-0.05, 0) is 24.6 Å². The van der Waals surface area contributed by atoms with Crippen LogP contribution in [0.5, 0.6) is 5.75 Å². The lowest BCUT2D eigenvalue weighted by Gasteiger charge is -2.17. The maximum absolute atomic E-state index is 11.5. The number of nitrogens with one attached hydrogen (secondary N) is 1. The Morgan fingerprint density at radius 3 is 2.50 bits per heavy atom. The second-order valence-electron chi connectivity index (χ2n) is 5.13. The van der Waals surface area contributed by atoms with E-state index in [4.69, 9.17) is 4.74 Å². The number of hydrogen-bond acceptors (Lipinski definition) is 3. The van der Waals surface area contributed by atoms with E-state index in [2.05, 4.69) is 5.32 Å². The Morgan fingerprint density at radius 1 is 1.14 bits per heavy atom. The molecule has 3 heteroatoms. The molecule has 0 heterocycles. The van der Waals surface area contributed by atoms with Crippen molar-refractivity contribution in [3.05, 3.63) is 66.2 Å². The van der Waals surface area contributed by atoms with Crippen molar-refractivity contribution in [2.75, 3.05) is 12.4 Å². The highest BCUT2D eigenvalue weighted by Crippen LogP contribution is 2.24. The van der Waals surface area contributed by atoms with Gasteiger partial charge in [-0.25, -0.2) is 0 Å². The maximum atomic E-state index is 11.5. The molecule has 0 aliphatic carbocycles. The van der Waals surface area contributed by atoms with Gasteiger partial charge >= 0.3 is 0 Å². The van der Waals surface area contributed by atoms with Crippen molar-refractivity contribution in [2.45, 2.75) is 19.4 Å². The van der Waals surface area contributed by atoms with Gasteiger partial charge in [-0.15, -0.1) is 0 Å². The third-order valence-corrected chi connectivity index (χ3v) is 3.28. The first-order valence-corrected chi connectivity index (χ1v) is 7.31. The lowest BCUT2D eigenvalue weighted by Crippen LogP contribution is -2.20. The first-order chi connectivity index (χ1) is 10.7. The Kier molecular flexibility index (Phi) is 5.78. The van der Waals surface area contributed by atoms with Crippen molar-refractivity contribution in [3.8, 4) is 5.75 Å². The van der Waals surface area contributed by atoms with Crippen molar-refractivity contribution < 1.29 is 9.53 Å². The van der Waals surface area contributed by atoms with Crippen LogP contribution in [-0.4, -0.2) is 18.9 Å². The molecule has 0 aliphatic heterocycles. The summed E-state index contributed by atoms with van der Waals surface area (Å²) in [5, 5.41) is 3.37. The number of anilines is 1. The number of para-hydroxylation sites is 2. The van der Waals surface area contributed by atoms with E-state index < -0.39 is 0 Å². The first-order valence-electron chi connectivity index (χ1n) is 7.31. The predicted octanol–water partition coefficient (Wildman–Crippen LogP) is 4.17. The zero-order valence-electron chi connectivity index (χ0n) is 13.0. The van der Waals surface area contributed by atoms with Crippen molar-refractivity contribution in [3.63, 3.8) is 0 Å². The van der Waals surface area contributed by atoms with Crippen LogP contribution in [0.25, 0.3) is 6.08 Å². The lowest BCUT2D eigenvalue weighted by atomic mass is 10.1. The van der Waals surface area contributed by atoms with E-state index in [0.717, 1.165) is 17.0 Å². The van der Waals surface area contributed by atoms with Crippen LogP contribution >= 0.6 is 0 Å². The normalized spacial score (nSPS) is 12.1. The number of carbonyl (C=O) groups is 1. The number of carbonyl (C=O) groups excluding carboxylic acids is 1. The van der Waals surface area contributed by atoms with Crippen LogP contribution in [0.2, 0.25) is 0 Å². The summed E-state index contributed by atoms with van der Waals surface area (Å²) >= 11 is 0. The minimum absolute atomic E-state index is 0.0750. The zero-order valence-corrected chi connectivity index (χ0v) is 13.0. The SMILES string of the molecule is COc1ccccc1NC(/C=C/c1ccccc1)CC(C)=O. The average Bonchev–Trinajstić information content (AvgIpc) is 2.53. The molecule has 3 nitrogen and oxygen atoms in total. The predicted molar refractivity (Wildman–Crippen MR) is 91.2 cm³/mol. The number of benzene rings is 2. The maximum Gasteiger partial charge on any atom is 0.141 e. The molecule has 1 N–H and O–H groups in total. The summed E-state index contributed by atoms with van der Waals surface area (Å²) in [6.45, 7) is 1.60. The minimum Gasteiger partial charge on any atom is -0.495 e. The highest BCUT2D eigenvalue weighted by Gasteiger charge is 2.10. The second-order valence-corrected chi connectivity index (χ2v) is 5.13. The number of Topliss-reactive ketones (excluding diaryl/α,β-unsaturated/α-hetero) is 1. The molecule has 0 amide bonds. The summed E-state index contributed by atoms with van der Waals surface area (Å²) in [7, 11) is 1.64. The van der Waals surface area contributed by atoms with E-state index in [1.54, 1.807) is 14.0 Å². The Hall–Kier alpha value is -2.55. The summed E-state index contributed by atoms with van der Waals surface area (Å²) in [6.07, 6.45) is 4.47. The molecule has 0 aromatic heterocycles. The van der Waals surface area contributed by atoms with Crippen LogP contribution < -0.4 is 10.1 Å². The number of ketones is 1. The fourth-order valence-electron chi connectivity index (χ4n) is 2.23. The monoisotopic (exact) mass is 295 g/mol. The van der Waals surface area contributed by atoms with E-state index >= 15 is 0 Å². The Bertz CT molecular complexity index is 635. The van der Waals surface area contributed by atoms with Crippen molar-refractivity contribution >= 4 is 17.5 Å². The molecular weight excluding hydrogens is 274 g/mol. The highest BCUT2D eigenvalue weighted by molar-refractivity contribution is 5.77. The van der Waals surface area contributed by atoms with Gasteiger partial charge in [0, 0.05) is 6.42 Å². The molecule has 2 aromatic carbocycles. The van der Waals surface area contributed by atoms with Crippen LogP contribution in [0.15, 0.2) is 60.7 Å². The molecule has 1 atom stereocenters. The largest absolute Gasteiger partial charge is 0.495 e. The molecule has 0 bridgehead atoms. The van der Waals surface area contributed by atoms with Crippen LogP contribution in [0.3, 0.4) is 0 Å². The molecular formula is C19H21NO2. The van der Waals surface area contributed by atoms with Gasteiger partial charge in [0.25, 0.3) is 0 Å². The molecule has 114 valence electrons. The van der Waals surface area contributed by atoms with Gasteiger partial charge in [0.15, 0.2) is 0 Å². The Balaban J connectivity index is 2.15. The van der Waals surface area contributed by atoms with Crippen LogP contribution in [-0.2, 0) is 4.79 Å². The molecule has 1 unspecified atom stereocenters. The van der Waals surface area contributed by atoms with Gasteiger partial charge in [0.05, 0.1) is 18.8 Å². The lowest BCUT2D eigenvalue weighted by molar-refractivity contribution is -0.117. The number of rotatable bonds is 7. The molecule has 0 saturated heterocycles. The fraction of sp³-hybridized carbons (Fsp3) is 0.211. The summed E-state index contributed by atoms with van der Waals surface area (Å²) in [5.41, 5.74) is 1.99. The summed E-state index contributed by atoms with van der Waals surface area (Å²) in [6, 6.07) is 17.7. The summed E-state index contributed by atoms with van der Waals surface area (Å²) in [4.78, 5) is 11.5. The Morgan fingerprint density at radius 2 is 1.82 bits per heavy atom. The minimum atomic E-state index is -0.0750. The molecule has 0 spiro atoms. The summed E-state index contributed by atoms with van der Waals surface area (Å²) in [5.74, 6) is 0.911. The third-order valence-electron chi connectivity index (χ3n) is 3.28. The van der Waals surface area contributed by atoms with E-state index in [1.165, 1.54) is 0 Å². The molecule has 22 heavy (non-hydrogen) atoms. The van der Waals surface area contributed by atoms with Gasteiger partial charge in [0.2, 0.25) is 0 Å². The third kappa shape index (κ3) is 4.77. The smallest absolute Gasteiger partial charge is 0.141 e. The zero-order chi connectivity index (χ0) is 15.8. The quantitative estimate of drug-likeness (QED) is 0.833. The molecule has 0 fully saturated rings. The second kappa shape index (κ2) is 8.03. The number of hydrogen-bond donors (Lipinski definition) is 1. The van der Waals surface area contributed by atoms with Gasteiger partial charge in [-0.2, -0.15) is 0 Å². The van der Waals surface area contributed by atoms with Crippen LogP contribution in [0, 0.1) is 0 Å². The highest BCUT2D eigenvalue weighted by atomic mass is 16.5. The van der Waals surface area contributed by atoms with Gasteiger partial charge in [-0.1, -0.05) is 54.6 Å². The van der Waals surface area contributed by atoms with E-state index in [-0.39, 0.29) is 11.8 Å². The van der Waals surface area contributed by atoms with Gasteiger partial charge in [0.1, 0.15) is 11.5 Å². The van der Waals surface area contributed by atoms with Crippen molar-refractivity contribution in [1.82, 2.24) is 0 Å².